The Kier molecular flexibility index (Phi) is 6.81. The first-order valence-corrected chi connectivity index (χ1v) is 11.0. The van der Waals surface area contributed by atoms with Crippen molar-refractivity contribution in [1.82, 2.24) is 14.9 Å². The van der Waals surface area contributed by atoms with Gasteiger partial charge >= 0.3 is 6.01 Å². The lowest BCUT2D eigenvalue weighted by Crippen LogP contribution is -2.38. The van der Waals surface area contributed by atoms with Crippen LogP contribution in [0.1, 0.15) is 39.9 Å². The Morgan fingerprint density at radius 3 is 2.44 bits per heavy atom. The van der Waals surface area contributed by atoms with Crippen LogP contribution in [-0.2, 0) is 6.54 Å². The quantitative estimate of drug-likeness (QED) is 0.491. The fourth-order valence-corrected chi connectivity index (χ4v) is 4.43. The molecular weight excluding hydrogens is 402 g/mol. The Balaban J connectivity index is 1.38. The number of hydrogen-bond donors (Lipinski definition) is 0. The highest BCUT2D eigenvalue weighted by atomic mass is 16.5. The summed E-state index contributed by atoms with van der Waals surface area (Å²) in [5, 5.41) is 0. The molecule has 0 amide bonds. The van der Waals surface area contributed by atoms with Crippen LogP contribution in [0.5, 0.6) is 17.5 Å². The molecule has 3 aromatic rings. The highest BCUT2D eigenvalue weighted by Crippen LogP contribution is 2.28. The maximum atomic E-state index is 13.2. The van der Waals surface area contributed by atoms with Gasteiger partial charge in [-0.1, -0.05) is 12.1 Å². The molecule has 0 unspecified atom stereocenters. The standard InChI is InChI=1S/C26H29N3O3/c1-18-14-22(15-19(2)25(18)31-3)24(30)21-6-4-13-29(17-21)16-20-7-9-23(10-8-20)32-26-27-11-5-12-28-26/h5,7-12,14-15,21H,4,6,13,16-17H2,1-3H3/t21-/m1/s1. The van der Waals surface area contributed by atoms with Crippen LogP contribution in [0.2, 0.25) is 0 Å². The number of ketones is 1. The second kappa shape index (κ2) is 9.92. The molecule has 32 heavy (non-hydrogen) atoms. The number of benzene rings is 2. The van der Waals surface area contributed by atoms with Gasteiger partial charge in [0.15, 0.2) is 5.78 Å². The Hall–Kier alpha value is -3.25. The number of likely N-dealkylation sites (tertiary alicyclic amines) is 1. The number of hydrogen-bond acceptors (Lipinski definition) is 6. The Morgan fingerprint density at radius 2 is 1.78 bits per heavy atom. The summed E-state index contributed by atoms with van der Waals surface area (Å²) in [6, 6.07) is 14.0. The van der Waals surface area contributed by atoms with E-state index in [0.717, 1.165) is 54.9 Å². The normalized spacial score (nSPS) is 16.5. The molecule has 6 nitrogen and oxygen atoms in total. The lowest BCUT2D eigenvalue weighted by Gasteiger charge is -2.32. The van der Waals surface area contributed by atoms with Crippen LogP contribution in [0.3, 0.4) is 0 Å². The minimum absolute atomic E-state index is 0.0220. The summed E-state index contributed by atoms with van der Waals surface area (Å²) in [6.07, 6.45) is 5.26. The molecule has 0 bridgehead atoms. The van der Waals surface area contributed by atoms with Crippen LogP contribution in [0.25, 0.3) is 0 Å². The van der Waals surface area contributed by atoms with Gasteiger partial charge < -0.3 is 9.47 Å². The molecule has 6 heteroatoms. The fraction of sp³-hybridized carbons (Fsp3) is 0.346. The number of carbonyl (C=O) groups excluding carboxylic acids is 1. The second-order valence-electron chi connectivity index (χ2n) is 8.36. The van der Waals surface area contributed by atoms with Gasteiger partial charge in [-0.15, -0.1) is 0 Å². The van der Waals surface area contributed by atoms with Gasteiger partial charge in [0, 0.05) is 37.0 Å². The van der Waals surface area contributed by atoms with Crippen molar-refractivity contribution < 1.29 is 14.3 Å². The van der Waals surface area contributed by atoms with Crippen molar-refractivity contribution in [3.63, 3.8) is 0 Å². The molecule has 2 aromatic carbocycles. The fourth-order valence-electron chi connectivity index (χ4n) is 4.43. The van der Waals surface area contributed by atoms with Crippen LogP contribution in [-0.4, -0.2) is 40.9 Å². The Labute approximate surface area is 189 Å². The van der Waals surface area contributed by atoms with Gasteiger partial charge in [-0.25, -0.2) is 9.97 Å². The van der Waals surface area contributed by atoms with E-state index in [1.807, 2.05) is 38.1 Å². The first kappa shape index (κ1) is 22.0. The number of piperidine rings is 1. The van der Waals surface area contributed by atoms with Gasteiger partial charge in [-0.05, 0) is 80.3 Å². The van der Waals surface area contributed by atoms with Gasteiger partial charge in [0.1, 0.15) is 11.5 Å². The van der Waals surface area contributed by atoms with E-state index in [0.29, 0.717) is 11.8 Å². The number of aromatic nitrogens is 2. The highest BCUT2D eigenvalue weighted by Gasteiger charge is 2.27. The molecule has 0 spiro atoms. The first-order valence-electron chi connectivity index (χ1n) is 11.0. The zero-order valence-corrected chi connectivity index (χ0v) is 18.9. The minimum Gasteiger partial charge on any atom is -0.496 e. The van der Waals surface area contributed by atoms with E-state index >= 15 is 0 Å². The number of aryl methyl sites for hydroxylation is 2. The molecule has 1 aliphatic rings. The van der Waals surface area contributed by atoms with Crippen molar-refractivity contribution in [3.8, 4) is 17.5 Å². The second-order valence-corrected chi connectivity index (χ2v) is 8.36. The molecule has 2 heterocycles. The molecule has 1 aromatic heterocycles. The van der Waals surface area contributed by atoms with E-state index < -0.39 is 0 Å². The molecule has 0 saturated carbocycles. The average Bonchev–Trinajstić information content (AvgIpc) is 2.80. The van der Waals surface area contributed by atoms with Crippen molar-refractivity contribution in [2.45, 2.75) is 33.2 Å². The number of rotatable bonds is 7. The summed E-state index contributed by atoms with van der Waals surface area (Å²) in [7, 11) is 1.67. The monoisotopic (exact) mass is 431 g/mol. The summed E-state index contributed by atoms with van der Waals surface area (Å²) in [5.74, 6) is 1.82. The van der Waals surface area contributed by atoms with Crippen molar-refractivity contribution >= 4 is 5.78 Å². The third-order valence-electron chi connectivity index (χ3n) is 5.91. The maximum absolute atomic E-state index is 13.2. The number of methoxy groups -OCH3 is 1. The van der Waals surface area contributed by atoms with Crippen LogP contribution in [0.4, 0.5) is 0 Å². The zero-order valence-electron chi connectivity index (χ0n) is 18.9. The number of ether oxygens (including phenoxy) is 2. The average molecular weight is 432 g/mol. The van der Waals surface area contributed by atoms with E-state index in [4.69, 9.17) is 9.47 Å². The van der Waals surface area contributed by atoms with Gasteiger partial charge in [0.2, 0.25) is 0 Å². The van der Waals surface area contributed by atoms with E-state index in [2.05, 4.69) is 27.0 Å². The van der Waals surface area contributed by atoms with Crippen molar-refractivity contribution in [1.29, 1.82) is 0 Å². The Morgan fingerprint density at radius 1 is 1.09 bits per heavy atom. The molecule has 166 valence electrons. The number of Topliss-reactive ketones (excluding diaryl/α,β-unsaturated/α-hetero) is 1. The van der Waals surface area contributed by atoms with E-state index in [9.17, 15) is 4.79 Å². The molecule has 1 atom stereocenters. The van der Waals surface area contributed by atoms with Crippen LogP contribution in [0, 0.1) is 19.8 Å². The van der Waals surface area contributed by atoms with E-state index in [1.54, 1.807) is 25.6 Å². The number of carbonyl (C=O) groups is 1. The zero-order chi connectivity index (χ0) is 22.5. The minimum atomic E-state index is 0.0220. The lowest BCUT2D eigenvalue weighted by molar-refractivity contribution is 0.0811. The summed E-state index contributed by atoms with van der Waals surface area (Å²) in [5.41, 5.74) is 3.99. The van der Waals surface area contributed by atoms with Crippen molar-refractivity contribution in [3.05, 3.63) is 77.1 Å². The van der Waals surface area contributed by atoms with E-state index in [-0.39, 0.29) is 11.7 Å². The predicted octanol–water partition coefficient (Wildman–Crippen LogP) is 4.99. The maximum Gasteiger partial charge on any atom is 0.321 e. The summed E-state index contributed by atoms with van der Waals surface area (Å²) >= 11 is 0. The molecule has 1 fully saturated rings. The van der Waals surface area contributed by atoms with Gasteiger partial charge in [0.05, 0.1) is 7.11 Å². The predicted molar refractivity (Wildman–Crippen MR) is 123 cm³/mol. The van der Waals surface area contributed by atoms with Crippen molar-refractivity contribution in [2.75, 3.05) is 20.2 Å². The van der Waals surface area contributed by atoms with Gasteiger partial charge in [-0.3, -0.25) is 9.69 Å². The summed E-state index contributed by atoms with van der Waals surface area (Å²) < 4.78 is 11.1. The summed E-state index contributed by atoms with van der Waals surface area (Å²) in [6.45, 7) is 6.58. The molecule has 0 radical (unpaired) electrons. The number of nitrogens with zero attached hydrogens (tertiary/aromatic N) is 3. The smallest absolute Gasteiger partial charge is 0.321 e. The molecule has 0 N–H and O–H groups in total. The largest absolute Gasteiger partial charge is 0.496 e. The van der Waals surface area contributed by atoms with Crippen LogP contribution in [0.15, 0.2) is 54.9 Å². The SMILES string of the molecule is COc1c(C)cc(C(=O)[C@@H]2CCCN(Cc3ccc(Oc4ncccn4)cc3)C2)cc1C. The van der Waals surface area contributed by atoms with Gasteiger partial charge in [-0.2, -0.15) is 0 Å². The van der Waals surface area contributed by atoms with Crippen LogP contribution >= 0.6 is 0 Å². The topological polar surface area (TPSA) is 64.5 Å². The Bertz CT molecular complexity index is 1040. The third-order valence-corrected chi connectivity index (χ3v) is 5.91. The van der Waals surface area contributed by atoms with Crippen LogP contribution < -0.4 is 9.47 Å². The van der Waals surface area contributed by atoms with E-state index in [1.165, 1.54) is 5.56 Å². The third kappa shape index (κ3) is 5.14. The molecular formula is C26H29N3O3. The van der Waals surface area contributed by atoms with Gasteiger partial charge in [0.25, 0.3) is 0 Å². The molecule has 4 rings (SSSR count). The first-order chi connectivity index (χ1) is 15.5. The summed E-state index contributed by atoms with van der Waals surface area (Å²) in [4.78, 5) is 23.8. The molecule has 1 aliphatic heterocycles. The lowest BCUT2D eigenvalue weighted by atomic mass is 9.88. The molecule has 0 aliphatic carbocycles. The van der Waals surface area contributed by atoms with Crippen molar-refractivity contribution in [2.24, 2.45) is 5.92 Å². The highest BCUT2D eigenvalue weighted by molar-refractivity contribution is 5.98. The molecule has 1 saturated heterocycles.